The second-order valence-electron chi connectivity index (χ2n) is 5.04. The van der Waals surface area contributed by atoms with Crippen LogP contribution in [0.2, 0.25) is 0 Å². The molecule has 0 amide bonds. The Hall–Kier alpha value is -1.75. The molecule has 2 aromatic heterocycles. The van der Waals surface area contributed by atoms with E-state index in [1.165, 1.54) is 9.75 Å². The smallest absolute Gasteiger partial charge is 0.191 e. The van der Waals surface area contributed by atoms with Crippen LogP contribution in [0.3, 0.4) is 0 Å². The van der Waals surface area contributed by atoms with E-state index in [1.807, 2.05) is 23.5 Å². The summed E-state index contributed by atoms with van der Waals surface area (Å²) < 4.78 is 5.30. The van der Waals surface area contributed by atoms with Crippen molar-refractivity contribution in [2.24, 2.45) is 4.99 Å². The second-order valence-corrected chi connectivity index (χ2v) is 6.41. The van der Waals surface area contributed by atoms with Crippen molar-refractivity contribution in [1.82, 2.24) is 10.6 Å². The number of nitrogens with one attached hydrogen (secondary N) is 2. The molecule has 114 valence electrons. The van der Waals surface area contributed by atoms with Crippen molar-refractivity contribution in [2.75, 3.05) is 6.54 Å². The van der Waals surface area contributed by atoms with Gasteiger partial charge in [0.1, 0.15) is 12.3 Å². The summed E-state index contributed by atoms with van der Waals surface area (Å²) in [7, 11) is 0. The monoisotopic (exact) mass is 305 g/mol. The van der Waals surface area contributed by atoms with Crippen LogP contribution >= 0.6 is 11.3 Å². The van der Waals surface area contributed by atoms with E-state index >= 15 is 0 Å². The van der Waals surface area contributed by atoms with E-state index in [9.17, 15) is 0 Å². The topological polar surface area (TPSA) is 49.6 Å². The Labute approximate surface area is 130 Å². The third-order valence-electron chi connectivity index (χ3n) is 3.00. The lowest BCUT2D eigenvalue weighted by Gasteiger charge is -2.17. The highest BCUT2D eigenvalue weighted by Gasteiger charge is 2.08. The molecule has 4 nitrogen and oxygen atoms in total. The van der Waals surface area contributed by atoms with E-state index in [0.29, 0.717) is 12.6 Å². The number of furan rings is 1. The molecular weight excluding hydrogens is 282 g/mol. The van der Waals surface area contributed by atoms with Crippen LogP contribution < -0.4 is 10.6 Å². The lowest BCUT2D eigenvalue weighted by molar-refractivity contribution is 0.511. The zero-order chi connectivity index (χ0) is 15.1. The molecule has 2 heterocycles. The van der Waals surface area contributed by atoms with Crippen LogP contribution in [-0.2, 0) is 13.0 Å². The number of nitrogens with zero attached hydrogens (tertiary/aromatic N) is 1. The van der Waals surface area contributed by atoms with E-state index < -0.39 is 0 Å². The lowest BCUT2D eigenvalue weighted by Crippen LogP contribution is -2.43. The Balaban J connectivity index is 1.90. The largest absolute Gasteiger partial charge is 0.467 e. The summed E-state index contributed by atoms with van der Waals surface area (Å²) in [4.78, 5) is 7.30. The van der Waals surface area contributed by atoms with E-state index in [4.69, 9.17) is 4.42 Å². The maximum absolute atomic E-state index is 5.30. The van der Waals surface area contributed by atoms with Gasteiger partial charge in [-0.25, -0.2) is 4.99 Å². The van der Waals surface area contributed by atoms with Crippen LogP contribution in [0.5, 0.6) is 0 Å². The number of aliphatic imine (C=N–C) groups is 1. The minimum absolute atomic E-state index is 0.331. The zero-order valence-electron chi connectivity index (χ0n) is 12.8. The molecule has 0 saturated carbocycles. The zero-order valence-corrected chi connectivity index (χ0v) is 13.7. The number of guanidine groups is 1. The minimum Gasteiger partial charge on any atom is -0.467 e. The average Bonchev–Trinajstić information content (AvgIpc) is 3.08. The van der Waals surface area contributed by atoms with Crippen molar-refractivity contribution in [1.29, 1.82) is 0 Å². The summed E-state index contributed by atoms with van der Waals surface area (Å²) in [5, 5.41) is 6.71. The predicted octanol–water partition coefficient (Wildman–Crippen LogP) is 3.34. The molecule has 0 fully saturated rings. The van der Waals surface area contributed by atoms with E-state index in [-0.39, 0.29) is 0 Å². The molecule has 21 heavy (non-hydrogen) atoms. The third-order valence-corrected chi connectivity index (χ3v) is 4.03. The fourth-order valence-electron chi connectivity index (χ4n) is 2.06. The van der Waals surface area contributed by atoms with Crippen LogP contribution in [0.4, 0.5) is 0 Å². The molecule has 2 N–H and O–H groups in total. The molecule has 1 atom stereocenters. The highest BCUT2D eigenvalue weighted by atomic mass is 32.1. The fourth-order valence-corrected chi connectivity index (χ4v) is 3.08. The molecule has 0 aliphatic carbocycles. The Morgan fingerprint density at radius 2 is 2.24 bits per heavy atom. The Kier molecular flexibility index (Phi) is 5.87. The summed E-state index contributed by atoms with van der Waals surface area (Å²) in [6.45, 7) is 7.77. The first-order valence-corrected chi connectivity index (χ1v) is 8.11. The van der Waals surface area contributed by atoms with Gasteiger partial charge in [0.05, 0.1) is 6.26 Å². The molecule has 2 aromatic rings. The molecule has 0 spiro atoms. The van der Waals surface area contributed by atoms with Crippen LogP contribution in [0.25, 0.3) is 0 Å². The second kappa shape index (κ2) is 7.88. The Bertz CT molecular complexity index is 560. The van der Waals surface area contributed by atoms with Crippen LogP contribution in [0.1, 0.15) is 29.4 Å². The van der Waals surface area contributed by atoms with Gasteiger partial charge in [-0.15, -0.1) is 11.3 Å². The maximum Gasteiger partial charge on any atom is 0.191 e. The summed E-state index contributed by atoms with van der Waals surface area (Å²) in [6, 6.07) is 8.52. The predicted molar refractivity (Wildman–Crippen MR) is 88.9 cm³/mol. The number of aryl methyl sites for hydroxylation is 1. The first-order valence-electron chi connectivity index (χ1n) is 7.30. The SMILES string of the molecule is CCNC(=NCc1ccco1)NC(C)Cc1ccc(C)s1. The highest BCUT2D eigenvalue weighted by Crippen LogP contribution is 2.16. The van der Waals surface area contributed by atoms with Crippen molar-refractivity contribution >= 4 is 17.3 Å². The Morgan fingerprint density at radius 1 is 1.38 bits per heavy atom. The quantitative estimate of drug-likeness (QED) is 0.636. The molecule has 2 rings (SSSR count). The van der Waals surface area contributed by atoms with Gasteiger partial charge < -0.3 is 15.1 Å². The number of thiophene rings is 1. The molecule has 1 unspecified atom stereocenters. The fraction of sp³-hybridized carbons (Fsp3) is 0.438. The molecular formula is C16H23N3OS. The van der Waals surface area contributed by atoms with Gasteiger partial charge in [-0.2, -0.15) is 0 Å². The van der Waals surface area contributed by atoms with Gasteiger partial charge in [0, 0.05) is 28.8 Å². The van der Waals surface area contributed by atoms with Crippen LogP contribution in [0.15, 0.2) is 39.9 Å². The standard InChI is InChI=1S/C16H23N3OS/c1-4-17-16(18-11-14-6-5-9-20-14)19-12(2)10-15-8-7-13(3)21-15/h5-9,12H,4,10-11H2,1-3H3,(H2,17,18,19). The molecule has 0 aliphatic heterocycles. The summed E-state index contributed by atoms with van der Waals surface area (Å²) in [5.41, 5.74) is 0. The molecule has 0 bridgehead atoms. The van der Waals surface area contributed by atoms with E-state index in [2.05, 4.69) is 48.5 Å². The van der Waals surface area contributed by atoms with Crippen molar-refractivity contribution < 1.29 is 4.42 Å². The average molecular weight is 305 g/mol. The molecule has 0 aromatic carbocycles. The van der Waals surface area contributed by atoms with Gasteiger partial charge in [0.25, 0.3) is 0 Å². The summed E-state index contributed by atoms with van der Waals surface area (Å²) in [5.74, 6) is 1.70. The third kappa shape index (κ3) is 5.27. The van der Waals surface area contributed by atoms with Gasteiger partial charge >= 0.3 is 0 Å². The van der Waals surface area contributed by atoms with Crippen molar-refractivity contribution in [3.05, 3.63) is 46.0 Å². The van der Waals surface area contributed by atoms with Gasteiger partial charge in [-0.3, -0.25) is 0 Å². The first-order chi connectivity index (χ1) is 10.2. The number of hydrogen-bond donors (Lipinski definition) is 2. The normalized spacial score (nSPS) is 13.2. The van der Waals surface area contributed by atoms with Crippen LogP contribution in [0, 0.1) is 6.92 Å². The van der Waals surface area contributed by atoms with Gasteiger partial charge in [-0.05, 0) is 45.0 Å². The lowest BCUT2D eigenvalue weighted by atomic mass is 10.2. The number of hydrogen-bond acceptors (Lipinski definition) is 3. The van der Waals surface area contributed by atoms with E-state index in [1.54, 1.807) is 6.26 Å². The maximum atomic E-state index is 5.30. The van der Waals surface area contributed by atoms with Crippen molar-refractivity contribution in [3.63, 3.8) is 0 Å². The summed E-state index contributed by atoms with van der Waals surface area (Å²) in [6.07, 6.45) is 2.68. The van der Waals surface area contributed by atoms with Crippen molar-refractivity contribution in [2.45, 2.75) is 39.8 Å². The van der Waals surface area contributed by atoms with Crippen LogP contribution in [-0.4, -0.2) is 18.5 Å². The first kappa shape index (κ1) is 15.6. The van der Waals surface area contributed by atoms with Gasteiger partial charge in [0.2, 0.25) is 0 Å². The molecule has 5 heteroatoms. The molecule has 0 aliphatic rings. The molecule has 0 radical (unpaired) electrons. The molecule has 0 saturated heterocycles. The number of rotatable bonds is 6. The van der Waals surface area contributed by atoms with Gasteiger partial charge in [0.15, 0.2) is 5.96 Å². The van der Waals surface area contributed by atoms with Crippen molar-refractivity contribution in [3.8, 4) is 0 Å². The highest BCUT2D eigenvalue weighted by molar-refractivity contribution is 7.11. The Morgan fingerprint density at radius 3 is 2.86 bits per heavy atom. The van der Waals surface area contributed by atoms with E-state index in [0.717, 1.165) is 24.7 Å². The summed E-state index contributed by atoms with van der Waals surface area (Å²) >= 11 is 1.85. The minimum atomic E-state index is 0.331. The van der Waals surface area contributed by atoms with Gasteiger partial charge in [-0.1, -0.05) is 0 Å².